The van der Waals surface area contributed by atoms with Crippen LogP contribution in [0.15, 0.2) is 0 Å². The normalized spacial score (nSPS) is 32.4. The summed E-state index contributed by atoms with van der Waals surface area (Å²) in [5, 5.41) is 0. The maximum atomic E-state index is 11.1. The highest BCUT2D eigenvalue weighted by molar-refractivity contribution is 5.81. The van der Waals surface area contributed by atoms with Gasteiger partial charge in [0.15, 0.2) is 0 Å². The number of ether oxygens (including phenoxy) is 2. The molecule has 0 bridgehead atoms. The third kappa shape index (κ3) is 2.19. The van der Waals surface area contributed by atoms with Gasteiger partial charge in [0, 0.05) is 19.4 Å². The Balaban J connectivity index is 2.26. The van der Waals surface area contributed by atoms with E-state index in [2.05, 4.69) is 11.7 Å². The number of carbonyl (C=O) groups excluding carboxylic acids is 1. The van der Waals surface area contributed by atoms with Crippen LogP contribution < -0.4 is 5.73 Å². The molecule has 1 rings (SSSR count). The molecule has 0 aromatic heterocycles. The highest BCUT2D eigenvalue weighted by Gasteiger charge is 2.48. The first kappa shape index (κ1) is 10.5. The van der Waals surface area contributed by atoms with Gasteiger partial charge in [0.25, 0.3) is 0 Å². The minimum absolute atomic E-state index is 0.143. The van der Waals surface area contributed by atoms with E-state index in [1.165, 1.54) is 7.11 Å². The number of hydrogen-bond donors (Lipinski definition) is 1. The molecule has 2 N–H and O–H groups in total. The van der Waals surface area contributed by atoms with Crippen LogP contribution in [0.4, 0.5) is 0 Å². The molecule has 1 aliphatic rings. The van der Waals surface area contributed by atoms with Gasteiger partial charge in [0.1, 0.15) is 5.54 Å². The zero-order chi connectivity index (χ0) is 9.90. The lowest BCUT2D eigenvalue weighted by molar-refractivity contribution is -0.158. The Kier molecular flexibility index (Phi) is 3.27. The lowest BCUT2D eigenvalue weighted by atomic mass is 9.75. The van der Waals surface area contributed by atoms with Crippen molar-refractivity contribution in [1.29, 1.82) is 0 Å². The Bertz CT molecular complexity index is 187. The second-order valence-corrected chi connectivity index (χ2v) is 3.55. The van der Waals surface area contributed by atoms with Gasteiger partial charge in [0.2, 0.25) is 0 Å². The van der Waals surface area contributed by atoms with Crippen molar-refractivity contribution in [2.45, 2.75) is 37.8 Å². The molecule has 1 saturated carbocycles. The highest BCUT2D eigenvalue weighted by atomic mass is 16.5. The predicted molar refractivity (Wildman–Crippen MR) is 48.2 cm³/mol. The molecule has 0 aromatic carbocycles. The topological polar surface area (TPSA) is 61.5 Å². The molecule has 0 heterocycles. The summed E-state index contributed by atoms with van der Waals surface area (Å²) in [6, 6.07) is 0. The summed E-state index contributed by atoms with van der Waals surface area (Å²) in [4.78, 5) is 11.1. The molecule has 0 unspecified atom stereocenters. The summed E-state index contributed by atoms with van der Waals surface area (Å²) in [6.45, 7) is 2.79. The van der Waals surface area contributed by atoms with Crippen LogP contribution >= 0.6 is 0 Å². The Morgan fingerprint density at radius 1 is 1.62 bits per heavy atom. The van der Waals surface area contributed by atoms with Gasteiger partial charge in [-0.25, -0.2) is 0 Å². The maximum Gasteiger partial charge on any atom is 0.326 e. The molecular weight excluding hydrogens is 170 g/mol. The number of nitrogens with two attached hydrogens (primary N) is 1. The van der Waals surface area contributed by atoms with Crippen LogP contribution in [0.5, 0.6) is 0 Å². The van der Waals surface area contributed by atoms with Crippen LogP contribution in [0, 0.1) is 0 Å². The van der Waals surface area contributed by atoms with Crippen molar-refractivity contribution in [3.05, 3.63) is 0 Å². The third-order valence-corrected chi connectivity index (χ3v) is 2.33. The summed E-state index contributed by atoms with van der Waals surface area (Å²) in [7, 11) is 1.36. The van der Waals surface area contributed by atoms with E-state index in [1.807, 2.05) is 0 Å². The van der Waals surface area contributed by atoms with Crippen LogP contribution in [-0.2, 0) is 14.3 Å². The molecule has 13 heavy (non-hydrogen) atoms. The zero-order valence-electron chi connectivity index (χ0n) is 8.21. The molecule has 1 fully saturated rings. The second-order valence-electron chi connectivity index (χ2n) is 3.55. The number of carbonyl (C=O) groups is 1. The van der Waals surface area contributed by atoms with Crippen molar-refractivity contribution >= 4 is 5.97 Å². The van der Waals surface area contributed by atoms with E-state index < -0.39 is 5.54 Å². The predicted octanol–water partition coefficient (Wildman–Crippen LogP) is 0.446. The van der Waals surface area contributed by atoms with Gasteiger partial charge in [-0.05, 0) is 6.42 Å². The monoisotopic (exact) mass is 187 g/mol. The SMILES string of the molecule is CCCOC1CC(N)(C(=O)OC)C1. The lowest BCUT2D eigenvalue weighted by Crippen LogP contribution is -2.61. The van der Waals surface area contributed by atoms with Crippen molar-refractivity contribution in [1.82, 2.24) is 0 Å². The molecule has 0 aliphatic heterocycles. The fraction of sp³-hybridized carbons (Fsp3) is 0.889. The average molecular weight is 187 g/mol. The van der Waals surface area contributed by atoms with Crippen molar-refractivity contribution in [3.8, 4) is 0 Å². The molecule has 4 nitrogen and oxygen atoms in total. The second kappa shape index (κ2) is 4.07. The molecule has 4 heteroatoms. The lowest BCUT2D eigenvalue weighted by Gasteiger charge is -2.41. The molecule has 0 aromatic rings. The standard InChI is InChI=1S/C9H17NO3/c1-3-4-13-7-5-9(10,6-7)8(11)12-2/h7H,3-6,10H2,1-2H3. The zero-order valence-corrected chi connectivity index (χ0v) is 8.21. The first-order chi connectivity index (χ1) is 6.12. The van der Waals surface area contributed by atoms with E-state index in [4.69, 9.17) is 10.5 Å². The van der Waals surface area contributed by atoms with Gasteiger partial charge >= 0.3 is 5.97 Å². The van der Waals surface area contributed by atoms with E-state index >= 15 is 0 Å². The van der Waals surface area contributed by atoms with E-state index in [0.717, 1.165) is 13.0 Å². The number of esters is 1. The van der Waals surface area contributed by atoms with Crippen molar-refractivity contribution in [2.75, 3.05) is 13.7 Å². The molecule has 0 saturated heterocycles. The third-order valence-electron chi connectivity index (χ3n) is 2.33. The summed E-state index contributed by atoms with van der Waals surface area (Å²) >= 11 is 0. The smallest absolute Gasteiger partial charge is 0.326 e. The van der Waals surface area contributed by atoms with Gasteiger partial charge in [-0.3, -0.25) is 4.79 Å². The summed E-state index contributed by atoms with van der Waals surface area (Å²) in [5.74, 6) is -0.330. The molecule has 0 atom stereocenters. The molecule has 0 radical (unpaired) electrons. The van der Waals surface area contributed by atoms with E-state index in [-0.39, 0.29) is 12.1 Å². The van der Waals surface area contributed by atoms with Gasteiger partial charge < -0.3 is 15.2 Å². The highest BCUT2D eigenvalue weighted by Crippen LogP contribution is 2.33. The molecule has 0 amide bonds. The van der Waals surface area contributed by atoms with Crippen LogP contribution in [-0.4, -0.2) is 31.3 Å². The maximum absolute atomic E-state index is 11.1. The Morgan fingerprint density at radius 2 is 2.23 bits per heavy atom. The fourth-order valence-corrected chi connectivity index (χ4v) is 1.53. The van der Waals surface area contributed by atoms with E-state index in [0.29, 0.717) is 12.8 Å². The first-order valence-corrected chi connectivity index (χ1v) is 4.61. The quantitative estimate of drug-likeness (QED) is 0.649. The molecular formula is C9H17NO3. The van der Waals surface area contributed by atoms with Crippen LogP contribution in [0.25, 0.3) is 0 Å². The van der Waals surface area contributed by atoms with Crippen LogP contribution in [0.2, 0.25) is 0 Å². The Labute approximate surface area is 78.4 Å². The minimum atomic E-state index is -0.785. The summed E-state index contributed by atoms with van der Waals surface area (Å²) in [6.07, 6.45) is 2.30. The largest absolute Gasteiger partial charge is 0.468 e. The Hall–Kier alpha value is -0.610. The van der Waals surface area contributed by atoms with Crippen molar-refractivity contribution in [2.24, 2.45) is 5.73 Å². The number of hydrogen-bond acceptors (Lipinski definition) is 4. The van der Waals surface area contributed by atoms with E-state index in [9.17, 15) is 4.79 Å². The molecule has 76 valence electrons. The van der Waals surface area contributed by atoms with Crippen molar-refractivity contribution < 1.29 is 14.3 Å². The van der Waals surface area contributed by atoms with E-state index in [1.54, 1.807) is 0 Å². The number of rotatable bonds is 4. The summed E-state index contributed by atoms with van der Waals surface area (Å²) in [5.41, 5.74) is 4.98. The van der Waals surface area contributed by atoms with Gasteiger partial charge in [-0.1, -0.05) is 6.92 Å². The molecule has 0 spiro atoms. The van der Waals surface area contributed by atoms with Gasteiger partial charge in [-0.2, -0.15) is 0 Å². The summed E-state index contributed by atoms with van der Waals surface area (Å²) < 4.78 is 10.0. The Morgan fingerprint density at radius 3 is 2.69 bits per heavy atom. The number of methoxy groups -OCH3 is 1. The average Bonchev–Trinajstić information content (AvgIpc) is 2.09. The molecule has 1 aliphatic carbocycles. The van der Waals surface area contributed by atoms with Gasteiger partial charge in [-0.15, -0.1) is 0 Å². The first-order valence-electron chi connectivity index (χ1n) is 4.61. The minimum Gasteiger partial charge on any atom is -0.468 e. The van der Waals surface area contributed by atoms with Gasteiger partial charge in [0.05, 0.1) is 13.2 Å². The van der Waals surface area contributed by atoms with Crippen LogP contribution in [0.1, 0.15) is 26.2 Å². The van der Waals surface area contributed by atoms with Crippen LogP contribution in [0.3, 0.4) is 0 Å². The fourth-order valence-electron chi connectivity index (χ4n) is 1.53. The van der Waals surface area contributed by atoms with Crippen molar-refractivity contribution in [3.63, 3.8) is 0 Å².